The fourth-order valence-electron chi connectivity index (χ4n) is 16.4. The van der Waals surface area contributed by atoms with Gasteiger partial charge in [-0.1, -0.05) is 60.1 Å². The molecule has 0 amide bonds. The molecule has 0 aromatic rings. The Morgan fingerprint density at radius 2 is 1.20 bits per heavy atom. The van der Waals surface area contributed by atoms with Gasteiger partial charge in [-0.3, -0.25) is 4.79 Å². The average molecular weight is 1080 g/mol. The highest BCUT2D eigenvalue weighted by Gasteiger charge is 2.70. The maximum absolute atomic E-state index is 15.1. The van der Waals surface area contributed by atoms with Crippen molar-refractivity contribution >= 4 is 5.97 Å². The van der Waals surface area contributed by atoms with Crippen LogP contribution in [0.25, 0.3) is 0 Å². The average Bonchev–Trinajstić information content (AvgIpc) is 3.43. The molecule has 75 heavy (non-hydrogen) atoms. The molecular formula is C53H86O22. The second-order valence-electron chi connectivity index (χ2n) is 25.3. The van der Waals surface area contributed by atoms with Gasteiger partial charge in [-0.25, -0.2) is 0 Å². The number of hydrogen-bond acceptors (Lipinski definition) is 22. The van der Waals surface area contributed by atoms with Crippen LogP contribution in [0.15, 0.2) is 11.6 Å². The predicted molar refractivity (Wildman–Crippen MR) is 257 cm³/mol. The summed E-state index contributed by atoms with van der Waals surface area (Å²) in [5.74, 6) is -0.00547. The highest BCUT2D eigenvalue weighted by atomic mass is 16.8. The predicted octanol–water partition coefficient (Wildman–Crippen LogP) is -1.54. The number of rotatable bonds is 11. The van der Waals surface area contributed by atoms with E-state index in [9.17, 15) is 66.4 Å². The molecule has 9 aliphatic rings. The number of aliphatic hydroxyl groups excluding tert-OH is 13. The van der Waals surface area contributed by atoms with Gasteiger partial charge in [-0.15, -0.1) is 0 Å². The molecule has 430 valence electrons. The Morgan fingerprint density at radius 3 is 1.84 bits per heavy atom. The summed E-state index contributed by atoms with van der Waals surface area (Å²) in [6, 6.07) is 0. The Kier molecular flexibility index (Phi) is 16.6. The van der Waals surface area contributed by atoms with Crippen LogP contribution in [-0.4, -0.2) is 222 Å². The van der Waals surface area contributed by atoms with E-state index < -0.39 is 153 Å². The van der Waals surface area contributed by atoms with Gasteiger partial charge in [-0.05, 0) is 109 Å². The number of ether oxygens (including phenoxy) is 8. The van der Waals surface area contributed by atoms with E-state index in [1.54, 1.807) is 0 Å². The summed E-state index contributed by atoms with van der Waals surface area (Å²) >= 11 is 0. The van der Waals surface area contributed by atoms with Crippen molar-refractivity contribution in [3.8, 4) is 0 Å². The molecule has 22 heteroatoms. The van der Waals surface area contributed by atoms with Crippen molar-refractivity contribution in [2.75, 3.05) is 26.4 Å². The van der Waals surface area contributed by atoms with Gasteiger partial charge in [-0.2, -0.15) is 0 Å². The van der Waals surface area contributed by atoms with E-state index >= 15 is 4.79 Å². The van der Waals surface area contributed by atoms with Gasteiger partial charge < -0.3 is 104 Å². The highest BCUT2D eigenvalue weighted by Crippen LogP contribution is 2.76. The standard InChI is InChI=1S/C53H86O22/c1-22-10-15-53(48(67)75-47-41(65)38(62)35(59)28(72-47)21-69-44-39(63)36(60)33(57)26(18-54)70-44)17-16-51(6)24(32(53)23(22)2)8-9-30-50(5)13-12-31(49(3,4)29(50)11-14-52(30,51)7)73-45-42(66)43(25(56)20-68-45)74-46-40(64)37(61)34(58)27(19-55)71-46/h8,22-23,25-47,54-66H,9-21H2,1-7H3/t22-,23+,25-,26-,27-,28-,29?,30?,31?,32?,33-,34-,35-,36+,37+,38+,39-,40-,41-,42-,43+,44-,45+,46+,47+,50+,51-,52-,53+/m1/s1. The third-order valence-electron chi connectivity index (χ3n) is 21.4. The zero-order valence-electron chi connectivity index (χ0n) is 44.2. The summed E-state index contributed by atoms with van der Waals surface area (Å²) in [6.07, 6.45) is -21.2. The Hall–Kier alpha value is -1.59. The van der Waals surface area contributed by atoms with Gasteiger partial charge in [0.25, 0.3) is 0 Å². The zero-order chi connectivity index (χ0) is 54.6. The molecular weight excluding hydrogens is 989 g/mol. The van der Waals surface area contributed by atoms with Gasteiger partial charge >= 0.3 is 5.97 Å². The van der Waals surface area contributed by atoms with Crippen LogP contribution in [-0.2, 0) is 42.7 Å². The smallest absolute Gasteiger partial charge is 0.315 e. The Bertz CT molecular complexity index is 2040. The minimum Gasteiger partial charge on any atom is -0.432 e. The maximum Gasteiger partial charge on any atom is 0.315 e. The first-order chi connectivity index (χ1) is 35.2. The van der Waals surface area contributed by atoms with Crippen molar-refractivity contribution in [3.63, 3.8) is 0 Å². The SMILES string of the molecule is C[C@@H]1CC[C@]2(C(=O)O[C@@H]3O[C@H](CO[C@@H]4O[C@H](CO)[C@@H](O)[C@H](O)[C@H]4O)[C@@H](O)[C@H](O)[C@H]3O)CC[C@]3(C)C(=CCC4[C@@]5(C)CCC(O[C@@H]6OC[C@@H](O)[C@H](O[C@@H]7O[C@H](CO)[C@@H](O)[C@H](O)[C@H]7O)[C@H]6O)C(C)(C)C5CC[C@]43C)C2[C@H]1C. The van der Waals surface area contributed by atoms with E-state index in [1.165, 1.54) is 5.57 Å². The molecule has 0 aromatic heterocycles. The van der Waals surface area contributed by atoms with Crippen molar-refractivity contribution in [2.45, 2.75) is 229 Å². The first kappa shape index (κ1) is 58.1. The third-order valence-corrected chi connectivity index (χ3v) is 21.4. The van der Waals surface area contributed by atoms with Crippen molar-refractivity contribution in [1.29, 1.82) is 0 Å². The van der Waals surface area contributed by atoms with Crippen molar-refractivity contribution in [3.05, 3.63) is 11.6 Å². The van der Waals surface area contributed by atoms with Gasteiger partial charge in [0.05, 0.1) is 37.9 Å². The number of allylic oxidation sites excluding steroid dienone is 2. The van der Waals surface area contributed by atoms with Gasteiger partial charge in [0, 0.05) is 0 Å². The first-order valence-corrected chi connectivity index (χ1v) is 27.3. The summed E-state index contributed by atoms with van der Waals surface area (Å²) in [5.41, 5.74) is -0.823. The molecule has 4 saturated heterocycles. The summed E-state index contributed by atoms with van der Waals surface area (Å²) in [4.78, 5) is 15.1. The number of fused-ring (bicyclic) bond motifs is 7. The third kappa shape index (κ3) is 9.40. The van der Waals surface area contributed by atoms with Crippen LogP contribution in [0.3, 0.4) is 0 Å². The van der Waals surface area contributed by atoms with E-state index in [4.69, 9.17) is 37.9 Å². The highest BCUT2D eigenvalue weighted by molar-refractivity contribution is 5.79. The van der Waals surface area contributed by atoms with E-state index in [2.05, 4.69) is 54.5 Å². The van der Waals surface area contributed by atoms with Crippen LogP contribution in [0.4, 0.5) is 0 Å². The molecule has 29 atom stereocenters. The summed E-state index contributed by atoms with van der Waals surface area (Å²) in [6.45, 7) is 13.9. The number of aliphatic hydroxyl groups is 13. The Balaban J connectivity index is 0.905. The number of carbonyl (C=O) groups is 1. The van der Waals surface area contributed by atoms with Crippen molar-refractivity contribution in [2.24, 2.45) is 56.7 Å². The van der Waals surface area contributed by atoms with E-state index in [0.29, 0.717) is 25.7 Å². The number of hydrogen-bond donors (Lipinski definition) is 13. The van der Waals surface area contributed by atoms with E-state index in [0.717, 1.165) is 32.1 Å². The van der Waals surface area contributed by atoms with Gasteiger partial charge in [0.15, 0.2) is 18.9 Å². The normalized spacial score (nSPS) is 54.8. The quantitative estimate of drug-likeness (QED) is 0.0633. The van der Waals surface area contributed by atoms with Crippen molar-refractivity contribution in [1.82, 2.24) is 0 Å². The molecule has 0 radical (unpaired) electrons. The van der Waals surface area contributed by atoms with Crippen LogP contribution in [0.2, 0.25) is 0 Å². The summed E-state index contributed by atoms with van der Waals surface area (Å²) in [7, 11) is 0. The molecule has 0 aromatic carbocycles. The topological polar surface area (TPSA) is 354 Å². The summed E-state index contributed by atoms with van der Waals surface area (Å²) in [5, 5.41) is 137. The lowest BCUT2D eigenvalue weighted by Gasteiger charge is -2.71. The molecule has 9 rings (SSSR count). The number of esters is 1. The molecule has 0 bridgehead atoms. The van der Waals surface area contributed by atoms with Crippen LogP contribution in [0, 0.1) is 56.7 Å². The van der Waals surface area contributed by atoms with Crippen LogP contribution >= 0.6 is 0 Å². The molecule has 13 N–H and O–H groups in total. The monoisotopic (exact) mass is 1070 g/mol. The van der Waals surface area contributed by atoms with Crippen LogP contribution < -0.4 is 0 Å². The Morgan fingerprint density at radius 1 is 0.613 bits per heavy atom. The molecule has 4 heterocycles. The Labute approximate surface area is 437 Å². The molecule has 22 nitrogen and oxygen atoms in total. The molecule has 0 spiro atoms. The lowest BCUT2D eigenvalue weighted by atomic mass is 9.33. The van der Waals surface area contributed by atoms with Gasteiger partial charge in [0.2, 0.25) is 6.29 Å². The molecule has 8 fully saturated rings. The van der Waals surface area contributed by atoms with Crippen molar-refractivity contribution < 1.29 is 109 Å². The molecule has 4 unspecified atom stereocenters. The van der Waals surface area contributed by atoms with Crippen LogP contribution in [0.5, 0.6) is 0 Å². The fourth-order valence-corrected chi connectivity index (χ4v) is 16.4. The van der Waals surface area contributed by atoms with E-state index in [1.807, 2.05) is 0 Å². The molecule has 5 aliphatic carbocycles. The minimum atomic E-state index is -1.82. The molecule has 4 saturated carbocycles. The second-order valence-corrected chi connectivity index (χ2v) is 25.3. The summed E-state index contributed by atoms with van der Waals surface area (Å²) < 4.78 is 47.2. The lowest BCUT2D eigenvalue weighted by Crippen LogP contribution is -2.66. The maximum atomic E-state index is 15.1. The lowest BCUT2D eigenvalue weighted by molar-refractivity contribution is -0.357. The number of carbonyl (C=O) groups excluding carboxylic acids is 1. The molecule has 4 aliphatic heterocycles. The fraction of sp³-hybridized carbons (Fsp3) is 0.943. The largest absolute Gasteiger partial charge is 0.432 e. The van der Waals surface area contributed by atoms with Crippen LogP contribution in [0.1, 0.15) is 106 Å². The van der Waals surface area contributed by atoms with E-state index in [-0.39, 0.29) is 58.5 Å². The first-order valence-electron chi connectivity index (χ1n) is 27.3. The zero-order valence-corrected chi connectivity index (χ0v) is 44.2. The van der Waals surface area contributed by atoms with Gasteiger partial charge in [0.1, 0.15) is 91.6 Å². The second kappa shape index (κ2) is 21.4. The minimum absolute atomic E-state index is 0.0701.